The molecule has 7 heteroatoms. The molecule has 1 aromatic rings. The van der Waals surface area contributed by atoms with E-state index in [0.29, 0.717) is 19.6 Å². The molecule has 1 aromatic carbocycles. The van der Waals surface area contributed by atoms with Crippen LogP contribution in [0.5, 0.6) is 0 Å². The molecule has 2 saturated heterocycles. The van der Waals surface area contributed by atoms with Crippen LogP contribution in [0.15, 0.2) is 18.2 Å². The number of nitrogens with zero attached hydrogens (tertiary/aromatic N) is 1. The van der Waals surface area contributed by atoms with Crippen molar-refractivity contribution < 1.29 is 19.1 Å². The predicted molar refractivity (Wildman–Crippen MR) is 87.0 cm³/mol. The highest BCUT2D eigenvalue weighted by Crippen LogP contribution is 2.28. The van der Waals surface area contributed by atoms with E-state index >= 15 is 0 Å². The maximum Gasteiger partial charge on any atom is 0.227 e. The average molecular weight is 335 g/mol. The number of benzene rings is 1. The molecule has 2 aliphatic heterocycles. The highest BCUT2D eigenvalue weighted by Gasteiger charge is 2.36. The predicted octanol–water partition coefficient (Wildman–Crippen LogP) is 0.184. The Kier molecular flexibility index (Phi) is 4.82. The zero-order valence-corrected chi connectivity index (χ0v) is 13.6. The maximum atomic E-state index is 14.1. The second kappa shape index (κ2) is 6.86. The summed E-state index contributed by atoms with van der Waals surface area (Å²) in [6.45, 7) is 3.52. The van der Waals surface area contributed by atoms with Crippen LogP contribution in [0, 0.1) is 24.6 Å². The number of anilines is 1. The van der Waals surface area contributed by atoms with Gasteiger partial charge >= 0.3 is 0 Å². The number of aliphatic hydroxyl groups is 1. The summed E-state index contributed by atoms with van der Waals surface area (Å²) in [5.74, 6) is -1.44. The third-order valence-corrected chi connectivity index (χ3v) is 4.73. The summed E-state index contributed by atoms with van der Waals surface area (Å²) >= 11 is 0. The van der Waals surface area contributed by atoms with Crippen LogP contribution >= 0.6 is 0 Å². The standard InChI is InChI=1S/C17H22FN3O3/c1-10-2-3-14(13(18)4-10)21-9-11(5-16(21)23)17(24)20-7-12-6-19-8-15(12)22/h2-4,11-12,15,19,22H,5-9H2,1H3,(H,20,24). The minimum atomic E-state index is -0.496. The normalized spacial score (nSPS) is 26.9. The molecule has 2 amide bonds. The minimum Gasteiger partial charge on any atom is -0.391 e. The molecule has 3 N–H and O–H groups in total. The van der Waals surface area contributed by atoms with Crippen LogP contribution in [0.4, 0.5) is 10.1 Å². The van der Waals surface area contributed by atoms with E-state index in [9.17, 15) is 19.1 Å². The summed E-state index contributed by atoms with van der Waals surface area (Å²) < 4.78 is 14.1. The number of hydrogen-bond donors (Lipinski definition) is 3. The van der Waals surface area contributed by atoms with Gasteiger partial charge in [-0.1, -0.05) is 6.07 Å². The fourth-order valence-corrected chi connectivity index (χ4v) is 3.25. The van der Waals surface area contributed by atoms with Gasteiger partial charge in [-0.3, -0.25) is 9.59 Å². The molecule has 0 radical (unpaired) electrons. The third kappa shape index (κ3) is 3.42. The molecule has 2 fully saturated rings. The van der Waals surface area contributed by atoms with Crippen LogP contribution in [-0.2, 0) is 9.59 Å². The van der Waals surface area contributed by atoms with Gasteiger partial charge < -0.3 is 20.6 Å². The van der Waals surface area contributed by atoms with Crippen molar-refractivity contribution in [2.24, 2.45) is 11.8 Å². The lowest BCUT2D eigenvalue weighted by molar-refractivity contribution is -0.126. The van der Waals surface area contributed by atoms with E-state index in [1.54, 1.807) is 19.1 Å². The zero-order valence-electron chi connectivity index (χ0n) is 13.6. The lowest BCUT2D eigenvalue weighted by Crippen LogP contribution is -2.38. The van der Waals surface area contributed by atoms with Crippen molar-refractivity contribution >= 4 is 17.5 Å². The number of carbonyl (C=O) groups is 2. The molecule has 2 aliphatic rings. The summed E-state index contributed by atoms with van der Waals surface area (Å²) in [5.41, 5.74) is 0.997. The molecule has 130 valence electrons. The van der Waals surface area contributed by atoms with E-state index in [2.05, 4.69) is 10.6 Å². The molecule has 3 rings (SSSR count). The van der Waals surface area contributed by atoms with Gasteiger partial charge in [-0.25, -0.2) is 4.39 Å². The molecule has 0 bridgehead atoms. The molecule has 0 aromatic heterocycles. The Hall–Kier alpha value is -1.99. The molecule has 0 aliphatic carbocycles. The monoisotopic (exact) mass is 335 g/mol. The van der Waals surface area contributed by atoms with Gasteiger partial charge in [0.1, 0.15) is 5.82 Å². The Labute approximate surface area is 140 Å². The van der Waals surface area contributed by atoms with Crippen molar-refractivity contribution in [3.63, 3.8) is 0 Å². The third-order valence-electron chi connectivity index (χ3n) is 4.73. The SMILES string of the molecule is Cc1ccc(N2CC(C(=O)NCC3CNCC3O)CC2=O)c(F)c1. The number of aliphatic hydroxyl groups excluding tert-OH is 1. The second-order valence-corrected chi connectivity index (χ2v) is 6.59. The van der Waals surface area contributed by atoms with E-state index in [1.807, 2.05) is 0 Å². The molecular weight excluding hydrogens is 313 g/mol. The van der Waals surface area contributed by atoms with Crippen molar-refractivity contribution in [3.8, 4) is 0 Å². The Balaban J connectivity index is 1.60. The zero-order chi connectivity index (χ0) is 17.3. The first kappa shape index (κ1) is 16.9. The van der Waals surface area contributed by atoms with Crippen LogP contribution in [0.2, 0.25) is 0 Å². The quantitative estimate of drug-likeness (QED) is 0.733. The second-order valence-electron chi connectivity index (χ2n) is 6.59. The Bertz CT molecular complexity index is 652. The van der Waals surface area contributed by atoms with E-state index in [0.717, 1.165) is 5.56 Å². The fraction of sp³-hybridized carbons (Fsp3) is 0.529. The molecule has 2 heterocycles. The van der Waals surface area contributed by atoms with Crippen molar-refractivity contribution in [1.29, 1.82) is 0 Å². The number of amides is 2. The molecule has 24 heavy (non-hydrogen) atoms. The number of nitrogens with one attached hydrogen (secondary N) is 2. The maximum absolute atomic E-state index is 14.1. The molecule has 3 atom stereocenters. The van der Waals surface area contributed by atoms with Crippen molar-refractivity contribution in [2.75, 3.05) is 31.1 Å². The summed E-state index contributed by atoms with van der Waals surface area (Å²) in [6.07, 6.45) is -0.390. The van der Waals surface area contributed by atoms with E-state index in [-0.39, 0.29) is 36.4 Å². The lowest BCUT2D eigenvalue weighted by atomic mass is 10.0. The number of carbonyl (C=O) groups excluding carboxylic acids is 2. The summed E-state index contributed by atoms with van der Waals surface area (Å²) in [6, 6.07) is 4.70. The van der Waals surface area contributed by atoms with Gasteiger partial charge in [0, 0.05) is 38.5 Å². The molecule has 6 nitrogen and oxygen atoms in total. The van der Waals surface area contributed by atoms with Gasteiger partial charge in [-0.05, 0) is 24.6 Å². The fourth-order valence-electron chi connectivity index (χ4n) is 3.25. The van der Waals surface area contributed by atoms with Crippen molar-refractivity contribution in [2.45, 2.75) is 19.4 Å². The van der Waals surface area contributed by atoms with E-state index < -0.39 is 17.8 Å². The van der Waals surface area contributed by atoms with Gasteiger partial charge in [0.2, 0.25) is 11.8 Å². The van der Waals surface area contributed by atoms with Crippen LogP contribution in [0.25, 0.3) is 0 Å². The topological polar surface area (TPSA) is 81.7 Å². The number of β-amino-alcohol motifs (C(OH)–C–C–N with tert-alkyl or cyclic N) is 1. The van der Waals surface area contributed by atoms with Gasteiger partial charge in [0.15, 0.2) is 0 Å². The number of halogens is 1. The lowest BCUT2D eigenvalue weighted by Gasteiger charge is -2.18. The van der Waals surface area contributed by atoms with Crippen molar-refractivity contribution in [3.05, 3.63) is 29.6 Å². The van der Waals surface area contributed by atoms with Crippen LogP contribution in [0.3, 0.4) is 0 Å². The van der Waals surface area contributed by atoms with E-state index in [4.69, 9.17) is 0 Å². The first-order valence-electron chi connectivity index (χ1n) is 8.18. The first-order valence-corrected chi connectivity index (χ1v) is 8.18. The van der Waals surface area contributed by atoms with Crippen molar-refractivity contribution in [1.82, 2.24) is 10.6 Å². The summed E-state index contributed by atoms with van der Waals surface area (Å²) in [4.78, 5) is 25.8. The first-order chi connectivity index (χ1) is 11.5. The number of hydrogen-bond acceptors (Lipinski definition) is 4. The average Bonchev–Trinajstić information content (AvgIpc) is 3.11. The largest absolute Gasteiger partial charge is 0.391 e. The summed E-state index contributed by atoms with van der Waals surface area (Å²) in [5, 5.41) is 15.6. The smallest absolute Gasteiger partial charge is 0.227 e. The molecule has 0 spiro atoms. The Morgan fingerprint density at radius 3 is 2.92 bits per heavy atom. The van der Waals surface area contributed by atoms with Gasteiger partial charge in [-0.15, -0.1) is 0 Å². The Morgan fingerprint density at radius 2 is 2.25 bits per heavy atom. The van der Waals surface area contributed by atoms with Gasteiger partial charge in [0.05, 0.1) is 17.7 Å². The highest BCUT2D eigenvalue weighted by molar-refractivity contribution is 6.00. The van der Waals surface area contributed by atoms with Crippen LogP contribution in [0.1, 0.15) is 12.0 Å². The minimum absolute atomic E-state index is 0.0169. The highest BCUT2D eigenvalue weighted by atomic mass is 19.1. The van der Waals surface area contributed by atoms with Crippen LogP contribution in [-0.4, -0.2) is 49.2 Å². The Morgan fingerprint density at radius 1 is 1.46 bits per heavy atom. The van der Waals surface area contributed by atoms with Gasteiger partial charge in [0.25, 0.3) is 0 Å². The van der Waals surface area contributed by atoms with Crippen LogP contribution < -0.4 is 15.5 Å². The summed E-state index contributed by atoms with van der Waals surface area (Å²) in [7, 11) is 0. The molecule has 0 saturated carbocycles. The van der Waals surface area contributed by atoms with Gasteiger partial charge in [-0.2, -0.15) is 0 Å². The van der Waals surface area contributed by atoms with E-state index in [1.165, 1.54) is 11.0 Å². The number of rotatable bonds is 4. The number of aryl methyl sites for hydroxylation is 1. The molecular formula is C17H22FN3O3. The molecule has 3 unspecified atom stereocenters.